The molecule has 2 saturated heterocycles. The molecule has 0 aromatic heterocycles. The van der Waals surface area contributed by atoms with Crippen LogP contribution >= 0.6 is 0 Å². The number of aliphatic hydroxyl groups is 2. The van der Waals surface area contributed by atoms with Gasteiger partial charge in [-0.2, -0.15) is 0 Å². The Balaban J connectivity index is 2.10. The molecule has 2 rings (SSSR count). The van der Waals surface area contributed by atoms with Gasteiger partial charge in [-0.1, -0.05) is 18.6 Å². The van der Waals surface area contributed by atoms with Crippen molar-refractivity contribution in [1.29, 1.82) is 0 Å². The number of ether oxygens (including phenoxy) is 2. The summed E-state index contributed by atoms with van der Waals surface area (Å²) in [5.41, 5.74) is 0.839. The van der Waals surface area contributed by atoms with E-state index in [1.54, 1.807) is 0 Å². The minimum absolute atomic E-state index is 0.0991. The summed E-state index contributed by atoms with van der Waals surface area (Å²) in [5.74, 6) is 0. The maximum Gasteiger partial charge on any atom is 0.114 e. The molecule has 5 nitrogen and oxygen atoms in total. The Morgan fingerprint density at radius 1 is 1.43 bits per heavy atom. The predicted molar refractivity (Wildman–Crippen MR) is 81.1 cm³/mol. The maximum absolute atomic E-state index is 10.6. The van der Waals surface area contributed by atoms with E-state index in [0.29, 0.717) is 0 Å². The zero-order valence-corrected chi connectivity index (χ0v) is 13.7. The fourth-order valence-corrected chi connectivity index (χ4v) is 2.96. The van der Waals surface area contributed by atoms with Crippen LogP contribution < -0.4 is 5.32 Å². The van der Waals surface area contributed by atoms with Gasteiger partial charge in [-0.25, -0.2) is 0 Å². The summed E-state index contributed by atoms with van der Waals surface area (Å²) >= 11 is 0. The van der Waals surface area contributed by atoms with Crippen molar-refractivity contribution in [3.8, 4) is 0 Å². The van der Waals surface area contributed by atoms with E-state index in [-0.39, 0.29) is 30.4 Å². The number of hydrogen-bond acceptors (Lipinski definition) is 5. The van der Waals surface area contributed by atoms with Crippen molar-refractivity contribution in [3.05, 3.63) is 11.6 Å². The van der Waals surface area contributed by atoms with Crippen LogP contribution in [-0.2, 0) is 9.47 Å². The molecule has 2 aliphatic heterocycles. The Labute approximate surface area is 127 Å². The molecule has 0 aromatic carbocycles. The molecule has 6 atom stereocenters. The van der Waals surface area contributed by atoms with Crippen LogP contribution in [-0.4, -0.2) is 58.9 Å². The molecule has 122 valence electrons. The standard InChI is InChI=1S/C16H29NO4/c1-6-9(3)11-15-12(17-11)13(19)14(10(8-18)20-15)21-16(4,5)7-2/h6,10-15,17-19H,7-8H2,1-5H3. The normalized spacial score (nSPS) is 40.6. The Bertz CT molecular complexity index is 394. The van der Waals surface area contributed by atoms with E-state index < -0.39 is 18.3 Å². The summed E-state index contributed by atoms with van der Waals surface area (Å²) in [5, 5.41) is 23.6. The Kier molecular flexibility index (Phi) is 5.11. The SMILES string of the molecule is CC=C(C)C1NC2C(O)C(OC(C)(C)CC)C(CO)OC12. The molecule has 21 heavy (non-hydrogen) atoms. The van der Waals surface area contributed by atoms with Crippen LogP contribution in [0.1, 0.15) is 41.0 Å². The third-order valence-corrected chi connectivity index (χ3v) is 4.89. The maximum atomic E-state index is 10.6. The van der Waals surface area contributed by atoms with Gasteiger partial charge in [0.15, 0.2) is 0 Å². The van der Waals surface area contributed by atoms with Gasteiger partial charge in [0.2, 0.25) is 0 Å². The molecule has 2 fully saturated rings. The van der Waals surface area contributed by atoms with Gasteiger partial charge in [0, 0.05) is 0 Å². The van der Waals surface area contributed by atoms with Gasteiger partial charge in [0.25, 0.3) is 0 Å². The number of aliphatic hydroxyl groups excluding tert-OH is 2. The zero-order chi connectivity index (χ0) is 15.8. The first-order valence-electron chi connectivity index (χ1n) is 7.85. The molecule has 2 heterocycles. The summed E-state index contributed by atoms with van der Waals surface area (Å²) < 4.78 is 12.0. The van der Waals surface area contributed by atoms with Crippen LogP contribution in [0, 0.1) is 0 Å². The monoisotopic (exact) mass is 299 g/mol. The third-order valence-electron chi connectivity index (χ3n) is 4.89. The first kappa shape index (κ1) is 16.9. The summed E-state index contributed by atoms with van der Waals surface area (Å²) in [6.45, 7) is 9.90. The Morgan fingerprint density at radius 2 is 2.10 bits per heavy atom. The largest absolute Gasteiger partial charge is 0.394 e. The zero-order valence-electron chi connectivity index (χ0n) is 13.7. The molecule has 0 saturated carbocycles. The van der Waals surface area contributed by atoms with Crippen LogP contribution in [0.4, 0.5) is 0 Å². The first-order chi connectivity index (χ1) is 9.84. The number of rotatable bonds is 5. The molecule has 2 aliphatic rings. The van der Waals surface area contributed by atoms with Crippen molar-refractivity contribution in [1.82, 2.24) is 5.32 Å². The van der Waals surface area contributed by atoms with E-state index in [1.165, 1.54) is 5.57 Å². The number of fused-ring (bicyclic) bond motifs is 1. The van der Waals surface area contributed by atoms with E-state index in [4.69, 9.17) is 9.47 Å². The molecule has 6 unspecified atom stereocenters. The van der Waals surface area contributed by atoms with Gasteiger partial charge >= 0.3 is 0 Å². The lowest BCUT2D eigenvalue weighted by molar-refractivity contribution is -0.262. The number of hydrogen-bond donors (Lipinski definition) is 3. The molecule has 3 N–H and O–H groups in total. The van der Waals surface area contributed by atoms with Crippen molar-refractivity contribution in [2.45, 2.75) is 83.1 Å². The predicted octanol–water partition coefficient (Wildman–Crippen LogP) is 0.987. The summed E-state index contributed by atoms with van der Waals surface area (Å²) in [6, 6.07) is -0.0193. The lowest BCUT2D eigenvalue weighted by atomic mass is 9.79. The minimum Gasteiger partial charge on any atom is -0.394 e. The van der Waals surface area contributed by atoms with E-state index in [2.05, 4.69) is 5.32 Å². The molecule has 5 heteroatoms. The molecule has 0 radical (unpaired) electrons. The van der Waals surface area contributed by atoms with E-state index in [0.717, 1.165) is 6.42 Å². The molecule has 0 spiro atoms. The molecular weight excluding hydrogens is 270 g/mol. The lowest BCUT2D eigenvalue weighted by Crippen LogP contribution is -2.78. The molecule has 0 amide bonds. The van der Waals surface area contributed by atoms with Crippen LogP contribution in [0.25, 0.3) is 0 Å². The van der Waals surface area contributed by atoms with Gasteiger partial charge < -0.3 is 25.0 Å². The van der Waals surface area contributed by atoms with Crippen LogP contribution in [0.15, 0.2) is 11.6 Å². The first-order valence-corrected chi connectivity index (χ1v) is 7.85. The third kappa shape index (κ3) is 3.17. The minimum atomic E-state index is -0.673. The van der Waals surface area contributed by atoms with Gasteiger partial charge in [-0.3, -0.25) is 0 Å². The second-order valence-electron chi connectivity index (χ2n) is 6.71. The summed E-state index contributed by atoms with van der Waals surface area (Å²) in [4.78, 5) is 0. The topological polar surface area (TPSA) is 71.0 Å². The van der Waals surface area contributed by atoms with Gasteiger partial charge in [0.1, 0.15) is 18.3 Å². The van der Waals surface area contributed by atoms with Crippen LogP contribution in [0.2, 0.25) is 0 Å². The fraction of sp³-hybridized carbons (Fsp3) is 0.875. The molecule has 0 bridgehead atoms. The summed E-state index contributed by atoms with van der Waals surface area (Å²) in [6.07, 6.45) is 1.11. The van der Waals surface area contributed by atoms with Gasteiger partial charge in [-0.15, -0.1) is 0 Å². The molecule has 0 aliphatic carbocycles. The Morgan fingerprint density at radius 3 is 2.62 bits per heavy atom. The van der Waals surface area contributed by atoms with Gasteiger partial charge in [-0.05, 0) is 34.1 Å². The van der Waals surface area contributed by atoms with E-state index in [1.807, 2.05) is 40.7 Å². The van der Waals surface area contributed by atoms with E-state index >= 15 is 0 Å². The van der Waals surface area contributed by atoms with Crippen LogP contribution in [0.3, 0.4) is 0 Å². The van der Waals surface area contributed by atoms with Crippen molar-refractivity contribution < 1.29 is 19.7 Å². The highest BCUT2D eigenvalue weighted by Gasteiger charge is 2.55. The molecule has 0 aromatic rings. The van der Waals surface area contributed by atoms with Crippen molar-refractivity contribution >= 4 is 0 Å². The van der Waals surface area contributed by atoms with Crippen LogP contribution in [0.5, 0.6) is 0 Å². The molecular formula is C16H29NO4. The highest BCUT2D eigenvalue weighted by Crippen LogP contribution is 2.35. The fourth-order valence-electron chi connectivity index (χ4n) is 2.96. The van der Waals surface area contributed by atoms with Crippen molar-refractivity contribution in [2.75, 3.05) is 6.61 Å². The van der Waals surface area contributed by atoms with Crippen molar-refractivity contribution in [2.24, 2.45) is 0 Å². The average molecular weight is 299 g/mol. The second-order valence-corrected chi connectivity index (χ2v) is 6.71. The number of allylic oxidation sites excluding steroid dienone is 1. The smallest absolute Gasteiger partial charge is 0.114 e. The van der Waals surface area contributed by atoms with Gasteiger partial charge in [0.05, 0.1) is 30.4 Å². The second kappa shape index (κ2) is 6.34. The summed E-state index contributed by atoms with van der Waals surface area (Å²) in [7, 11) is 0. The Hall–Kier alpha value is -0.460. The van der Waals surface area contributed by atoms with Crippen molar-refractivity contribution in [3.63, 3.8) is 0 Å². The highest BCUT2D eigenvalue weighted by atomic mass is 16.6. The lowest BCUT2D eigenvalue weighted by Gasteiger charge is -2.56. The van der Waals surface area contributed by atoms with E-state index in [9.17, 15) is 10.2 Å². The quantitative estimate of drug-likeness (QED) is 0.660. The highest BCUT2D eigenvalue weighted by molar-refractivity contribution is 5.22. The average Bonchev–Trinajstić information content (AvgIpc) is 2.43. The number of nitrogens with one attached hydrogen (secondary N) is 1.